The molecule has 32 heavy (non-hydrogen) atoms. The summed E-state index contributed by atoms with van der Waals surface area (Å²) >= 11 is 1.34. The molecule has 1 aromatic heterocycles. The number of hydrogen-bond donors (Lipinski definition) is 0. The number of hydrogen-bond acceptors (Lipinski definition) is 8. The van der Waals surface area contributed by atoms with E-state index in [0.717, 1.165) is 52.4 Å². The number of rotatable bonds is 6. The van der Waals surface area contributed by atoms with E-state index in [-0.39, 0.29) is 18.2 Å². The number of nitro benzene ring substituents is 2. The Balaban J connectivity index is 1.81. The SMILES string of the molecule is Cc1ccc(C)c2sc(N(CC3CCCO3)C(=O)c3cc([N+](=O)[O-])cc([N+](=O)[O-])c3)nc12. The van der Waals surface area contributed by atoms with Crippen molar-refractivity contribution in [1.82, 2.24) is 4.98 Å². The number of carbonyl (C=O) groups excluding carboxylic acids is 1. The third kappa shape index (κ3) is 4.16. The van der Waals surface area contributed by atoms with Crippen LogP contribution < -0.4 is 4.90 Å². The molecule has 2 aromatic carbocycles. The highest BCUT2D eigenvalue weighted by Crippen LogP contribution is 2.35. The van der Waals surface area contributed by atoms with E-state index < -0.39 is 27.1 Å². The lowest BCUT2D eigenvalue weighted by Gasteiger charge is -2.23. The van der Waals surface area contributed by atoms with Crippen molar-refractivity contribution in [3.05, 3.63) is 67.3 Å². The molecule has 0 spiro atoms. The lowest BCUT2D eigenvalue weighted by atomic mass is 10.1. The smallest absolute Gasteiger partial charge is 0.277 e. The van der Waals surface area contributed by atoms with E-state index in [9.17, 15) is 25.0 Å². The predicted molar refractivity (Wildman–Crippen MR) is 119 cm³/mol. The molecule has 1 unspecified atom stereocenters. The zero-order valence-corrected chi connectivity index (χ0v) is 18.3. The highest BCUT2D eigenvalue weighted by molar-refractivity contribution is 7.22. The highest BCUT2D eigenvalue weighted by atomic mass is 32.1. The number of ether oxygens (including phenoxy) is 1. The van der Waals surface area contributed by atoms with E-state index in [1.165, 1.54) is 16.2 Å². The molecule has 1 atom stereocenters. The molecule has 166 valence electrons. The molecule has 4 rings (SSSR count). The molecule has 1 fully saturated rings. The molecule has 11 heteroatoms. The summed E-state index contributed by atoms with van der Waals surface area (Å²) in [5.74, 6) is -0.596. The van der Waals surface area contributed by atoms with Crippen LogP contribution in [0.4, 0.5) is 16.5 Å². The predicted octanol–water partition coefficient (Wildman–Crippen LogP) is 4.56. The van der Waals surface area contributed by atoms with Gasteiger partial charge in [-0.05, 0) is 37.8 Å². The van der Waals surface area contributed by atoms with Gasteiger partial charge in [0.25, 0.3) is 17.3 Å². The minimum Gasteiger partial charge on any atom is -0.376 e. The Morgan fingerprint density at radius 2 is 1.81 bits per heavy atom. The molecule has 1 aliphatic rings. The molecule has 1 amide bonds. The molecule has 1 aliphatic heterocycles. The number of aromatic nitrogens is 1. The number of benzene rings is 2. The number of nitro groups is 2. The Morgan fingerprint density at radius 3 is 2.38 bits per heavy atom. The molecule has 0 aliphatic carbocycles. The monoisotopic (exact) mass is 456 g/mol. The van der Waals surface area contributed by atoms with Crippen molar-refractivity contribution in [2.75, 3.05) is 18.1 Å². The minimum absolute atomic E-state index is 0.142. The summed E-state index contributed by atoms with van der Waals surface area (Å²) in [6, 6.07) is 6.89. The van der Waals surface area contributed by atoms with Crippen LogP contribution in [0.5, 0.6) is 0 Å². The Hall–Kier alpha value is -3.44. The van der Waals surface area contributed by atoms with Crippen molar-refractivity contribution in [3.8, 4) is 0 Å². The average molecular weight is 456 g/mol. The van der Waals surface area contributed by atoms with Gasteiger partial charge in [-0.3, -0.25) is 29.9 Å². The Kier molecular flexibility index (Phi) is 5.85. The molecule has 0 saturated carbocycles. The highest BCUT2D eigenvalue weighted by Gasteiger charge is 2.30. The molecule has 3 aromatic rings. The molecule has 0 bridgehead atoms. The normalized spacial score (nSPS) is 15.8. The first-order chi connectivity index (χ1) is 15.2. The second kappa shape index (κ2) is 8.60. The van der Waals surface area contributed by atoms with Gasteiger partial charge in [0.1, 0.15) is 0 Å². The topological polar surface area (TPSA) is 129 Å². The fraction of sp³-hybridized carbons (Fsp3) is 0.333. The van der Waals surface area contributed by atoms with Gasteiger partial charge in [0, 0.05) is 18.7 Å². The first-order valence-electron chi connectivity index (χ1n) is 9.98. The second-order valence-electron chi connectivity index (χ2n) is 7.68. The summed E-state index contributed by atoms with van der Waals surface area (Å²) in [4.78, 5) is 40.7. The van der Waals surface area contributed by atoms with Crippen LogP contribution in [-0.4, -0.2) is 40.0 Å². The van der Waals surface area contributed by atoms with Crippen molar-refractivity contribution >= 4 is 44.0 Å². The maximum Gasteiger partial charge on any atom is 0.277 e. The van der Waals surface area contributed by atoms with Crippen LogP contribution in [0.2, 0.25) is 0 Å². The van der Waals surface area contributed by atoms with E-state index in [2.05, 4.69) is 4.98 Å². The van der Waals surface area contributed by atoms with E-state index in [1.807, 2.05) is 26.0 Å². The van der Waals surface area contributed by atoms with Crippen molar-refractivity contribution in [2.45, 2.75) is 32.8 Å². The van der Waals surface area contributed by atoms with Gasteiger partial charge in [-0.1, -0.05) is 23.5 Å². The van der Waals surface area contributed by atoms with Crippen molar-refractivity contribution in [2.24, 2.45) is 0 Å². The van der Waals surface area contributed by atoms with Gasteiger partial charge < -0.3 is 4.74 Å². The number of nitrogens with zero attached hydrogens (tertiary/aromatic N) is 4. The number of amides is 1. The number of non-ortho nitro benzene ring substituents is 2. The van der Waals surface area contributed by atoms with Gasteiger partial charge in [0.2, 0.25) is 0 Å². The fourth-order valence-electron chi connectivity index (χ4n) is 3.69. The Labute approximate surface area is 186 Å². The van der Waals surface area contributed by atoms with Gasteiger partial charge in [-0.25, -0.2) is 4.98 Å². The van der Waals surface area contributed by atoms with Crippen molar-refractivity contribution in [1.29, 1.82) is 0 Å². The Morgan fingerprint density at radius 1 is 1.16 bits per heavy atom. The standard InChI is InChI=1S/C21H20N4O6S/c1-12-5-6-13(2)19-18(12)22-21(32-19)23(11-17-4-3-7-31-17)20(26)14-8-15(24(27)28)10-16(9-14)25(29)30/h5-6,8-10,17H,3-4,7,11H2,1-2H3. The maximum absolute atomic E-state index is 13.5. The first kappa shape index (κ1) is 21.8. The summed E-state index contributed by atoms with van der Waals surface area (Å²) < 4.78 is 6.64. The van der Waals surface area contributed by atoms with Crippen LogP contribution in [0.3, 0.4) is 0 Å². The number of anilines is 1. The minimum atomic E-state index is -0.751. The van der Waals surface area contributed by atoms with Gasteiger partial charge in [0.05, 0.1) is 44.3 Å². The van der Waals surface area contributed by atoms with Gasteiger partial charge in [-0.15, -0.1) is 0 Å². The third-order valence-electron chi connectivity index (χ3n) is 5.39. The molecule has 0 N–H and O–H groups in total. The van der Waals surface area contributed by atoms with Gasteiger partial charge >= 0.3 is 0 Å². The third-order valence-corrected chi connectivity index (χ3v) is 6.60. The summed E-state index contributed by atoms with van der Waals surface area (Å²) in [5, 5.41) is 23.0. The quantitative estimate of drug-likeness (QED) is 0.393. The largest absolute Gasteiger partial charge is 0.376 e. The fourth-order valence-corrected chi connectivity index (χ4v) is 4.81. The van der Waals surface area contributed by atoms with E-state index in [4.69, 9.17) is 4.74 Å². The second-order valence-corrected chi connectivity index (χ2v) is 8.65. The number of thiazole rings is 1. The van der Waals surface area contributed by atoms with Gasteiger partial charge in [-0.2, -0.15) is 0 Å². The van der Waals surface area contributed by atoms with Crippen LogP contribution in [0, 0.1) is 34.1 Å². The van der Waals surface area contributed by atoms with Crippen LogP contribution >= 0.6 is 11.3 Å². The number of aryl methyl sites for hydroxylation is 2. The molecular weight excluding hydrogens is 436 g/mol. The summed E-state index contributed by atoms with van der Waals surface area (Å²) in [6.45, 7) is 4.68. The first-order valence-corrected chi connectivity index (χ1v) is 10.8. The lowest BCUT2D eigenvalue weighted by Crippen LogP contribution is -2.37. The van der Waals surface area contributed by atoms with Crippen molar-refractivity contribution < 1.29 is 19.4 Å². The molecule has 0 radical (unpaired) electrons. The molecule has 1 saturated heterocycles. The maximum atomic E-state index is 13.5. The summed E-state index contributed by atoms with van der Waals surface area (Å²) in [5.41, 5.74) is 1.58. The average Bonchev–Trinajstić information content (AvgIpc) is 3.44. The Bertz CT molecular complexity index is 1160. The van der Waals surface area contributed by atoms with Crippen LogP contribution in [0.1, 0.15) is 34.3 Å². The van der Waals surface area contributed by atoms with Gasteiger partial charge in [0.15, 0.2) is 5.13 Å². The van der Waals surface area contributed by atoms with Crippen LogP contribution in [0.25, 0.3) is 10.2 Å². The molecule has 10 nitrogen and oxygen atoms in total. The summed E-state index contributed by atoms with van der Waals surface area (Å²) in [6.07, 6.45) is 1.43. The lowest BCUT2D eigenvalue weighted by molar-refractivity contribution is -0.394. The van der Waals surface area contributed by atoms with E-state index in [0.29, 0.717) is 11.7 Å². The zero-order chi connectivity index (χ0) is 23.0. The van der Waals surface area contributed by atoms with Crippen LogP contribution in [0.15, 0.2) is 30.3 Å². The molecular formula is C21H20N4O6S. The summed E-state index contributed by atoms with van der Waals surface area (Å²) in [7, 11) is 0. The number of carbonyl (C=O) groups is 1. The number of fused-ring (bicyclic) bond motifs is 1. The van der Waals surface area contributed by atoms with E-state index >= 15 is 0 Å². The zero-order valence-electron chi connectivity index (χ0n) is 17.4. The van der Waals surface area contributed by atoms with Crippen molar-refractivity contribution in [3.63, 3.8) is 0 Å². The molecule has 2 heterocycles. The van der Waals surface area contributed by atoms with E-state index in [1.54, 1.807) is 0 Å². The van der Waals surface area contributed by atoms with Crippen LogP contribution in [-0.2, 0) is 4.74 Å².